The van der Waals surface area contributed by atoms with Crippen molar-refractivity contribution in [3.63, 3.8) is 0 Å². The normalized spacial score (nSPS) is 13.3. The van der Waals surface area contributed by atoms with Gasteiger partial charge in [0, 0.05) is 24.6 Å². The summed E-state index contributed by atoms with van der Waals surface area (Å²) in [6.45, 7) is 3.62. The van der Waals surface area contributed by atoms with Crippen molar-refractivity contribution in [2.75, 3.05) is 4.90 Å². The topological polar surface area (TPSA) is 67.2 Å². The van der Waals surface area contributed by atoms with Crippen LogP contribution in [0.5, 0.6) is 0 Å². The number of anilines is 1. The minimum Gasteiger partial charge on any atom is -0.348 e. The zero-order valence-corrected chi connectivity index (χ0v) is 15.8. The third kappa shape index (κ3) is 3.67. The van der Waals surface area contributed by atoms with Crippen molar-refractivity contribution in [2.24, 2.45) is 0 Å². The number of benzene rings is 2. The zero-order chi connectivity index (χ0) is 19.5. The van der Waals surface area contributed by atoms with Crippen molar-refractivity contribution in [3.05, 3.63) is 83.0 Å². The van der Waals surface area contributed by atoms with Gasteiger partial charge in [-0.2, -0.15) is 5.10 Å². The number of fused-ring (bicyclic) bond motifs is 1. The molecule has 142 valence electrons. The van der Waals surface area contributed by atoms with E-state index in [1.54, 1.807) is 23.2 Å². The largest absolute Gasteiger partial charge is 0.348 e. The smallest absolute Gasteiger partial charge is 0.251 e. The molecular weight excluding hydrogens is 352 g/mol. The van der Waals surface area contributed by atoms with Gasteiger partial charge in [-0.1, -0.05) is 36.4 Å². The van der Waals surface area contributed by atoms with Gasteiger partial charge in [0.1, 0.15) is 5.82 Å². The molecule has 28 heavy (non-hydrogen) atoms. The fourth-order valence-electron chi connectivity index (χ4n) is 3.39. The Bertz CT molecular complexity index is 1010. The Balaban J connectivity index is 1.41. The summed E-state index contributed by atoms with van der Waals surface area (Å²) >= 11 is 0. The van der Waals surface area contributed by atoms with Crippen LogP contribution in [0.3, 0.4) is 0 Å². The van der Waals surface area contributed by atoms with Crippen LogP contribution in [-0.4, -0.2) is 21.6 Å². The Hall–Kier alpha value is -3.41. The molecule has 2 amide bonds. The van der Waals surface area contributed by atoms with Crippen molar-refractivity contribution in [3.8, 4) is 0 Å². The molecule has 3 aromatic rings. The SMILES string of the molecule is Cc1ccccc1CNC(=O)c1ccc(CN2C(=O)CCn3nccc32)cc1. The molecule has 0 saturated carbocycles. The van der Waals surface area contributed by atoms with Crippen LogP contribution < -0.4 is 10.2 Å². The van der Waals surface area contributed by atoms with Crippen LogP contribution in [0.25, 0.3) is 0 Å². The molecule has 0 fully saturated rings. The summed E-state index contributed by atoms with van der Waals surface area (Å²) in [7, 11) is 0. The van der Waals surface area contributed by atoms with Gasteiger partial charge in [-0.15, -0.1) is 0 Å². The fraction of sp³-hybridized carbons (Fsp3) is 0.227. The van der Waals surface area contributed by atoms with Crippen LogP contribution in [0.15, 0.2) is 60.8 Å². The van der Waals surface area contributed by atoms with E-state index in [1.807, 2.05) is 54.1 Å². The molecule has 6 heteroatoms. The molecule has 1 aliphatic heterocycles. The number of aryl methyl sites for hydroxylation is 2. The average molecular weight is 374 g/mol. The van der Waals surface area contributed by atoms with Crippen molar-refractivity contribution in [2.45, 2.75) is 33.0 Å². The number of hydrogen-bond acceptors (Lipinski definition) is 3. The predicted octanol–water partition coefficient (Wildman–Crippen LogP) is 3.06. The summed E-state index contributed by atoms with van der Waals surface area (Å²) in [5.41, 5.74) is 3.84. The lowest BCUT2D eigenvalue weighted by molar-refractivity contribution is -0.119. The van der Waals surface area contributed by atoms with Gasteiger partial charge in [0.05, 0.1) is 19.3 Å². The second-order valence-corrected chi connectivity index (χ2v) is 6.95. The lowest BCUT2D eigenvalue weighted by Gasteiger charge is -2.27. The Kier molecular flexibility index (Phi) is 4.93. The van der Waals surface area contributed by atoms with E-state index in [9.17, 15) is 9.59 Å². The van der Waals surface area contributed by atoms with Crippen LogP contribution in [0.1, 0.15) is 33.5 Å². The lowest BCUT2D eigenvalue weighted by Crippen LogP contribution is -2.36. The number of rotatable bonds is 5. The van der Waals surface area contributed by atoms with Gasteiger partial charge in [-0.05, 0) is 35.7 Å². The maximum absolute atomic E-state index is 12.4. The van der Waals surface area contributed by atoms with Gasteiger partial charge in [0.25, 0.3) is 5.91 Å². The third-order valence-electron chi connectivity index (χ3n) is 5.07. The summed E-state index contributed by atoms with van der Waals surface area (Å²) in [5.74, 6) is 0.797. The van der Waals surface area contributed by atoms with E-state index < -0.39 is 0 Å². The summed E-state index contributed by atoms with van der Waals surface area (Å²) in [4.78, 5) is 26.5. The van der Waals surface area contributed by atoms with Gasteiger partial charge in [-0.3, -0.25) is 14.5 Å². The van der Waals surface area contributed by atoms with E-state index in [-0.39, 0.29) is 11.8 Å². The van der Waals surface area contributed by atoms with E-state index in [0.717, 1.165) is 22.5 Å². The molecule has 0 aliphatic carbocycles. The summed E-state index contributed by atoms with van der Waals surface area (Å²) < 4.78 is 1.84. The van der Waals surface area contributed by atoms with E-state index in [4.69, 9.17) is 0 Å². The highest BCUT2D eigenvalue weighted by atomic mass is 16.2. The number of nitrogens with zero attached hydrogens (tertiary/aromatic N) is 3. The summed E-state index contributed by atoms with van der Waals surface area (Å²) in [6.07, 6.45) is 2.16. The van der Waals surface area contributed by atoms with Crippen LogP contribution in [-0.2, 0) is 24.4 Å². The molecule has 0 saturated heterocycles. The van der Waals surface area contributed by atoms with E-state index in [0.29, 0.717) is 31.6 Å². The maximum Gasteiger partial charge on any atom is 0.251 e. The second kappa shape index (κ2) is 7.68. The molecule has 0 bridgehead atoms. The number of amides is 2. The van der Waals surface area contributed by atoms with Crippen molar-refractivity contribution >= 4 is 17.6 Å². The fourth-order valence-corrected chi connectivity index (χ4v) is 3.39. The number of nitrogens with one attached hydrogen (secondary N) is 1. The average Bonchev–Trinajstić information content (AvgIpc) is 3.19. The third-order valence-corrected chi connectivity index (χ3v) is 5.07. The molecule has 0 unspecified atom stereocenters. The first-order chi connectivity index (χ1) is 13.6. The zero-order valence-electron chi connectivity index (χ0n) is 15.8. The Morgan fingerprint density at radius 3 is 2.68 bits per heavy atom. The predicted molar refractivity (Wildman–Crippen MR) is 107 cm³/mol. The second-order valence-electron chi connectivity index (χ2n) is 6.95. The molecule has 0 atom stereocenters. The van der Waals surface area contributed by atoms with Gasteiger partial charge in [0.2, 0.25) is 5.91 Å². The number of carbonyl (C=O) groups excluding carboxylic acids is 2. The highest BCUT2D eigenvalue weighted by Gasteiger charge is 2.24. The van der Waals surface area contributed by atoms with Crippen LogP contribution in [0.4, 0.5) is 5.82 Å². The number of carbonyl (C=O) groups is 2. The van der Waals surface area contributed by atoms with E-state index in [1.165, 1.54) is 0 Å². The van der Waals surface area contributed by atoms with E-state index in [2.05, 4.69) is 10.4 Å². The molecule has 0 spiro atoms. The molecule has 0 radical (unpaired) electrons. The Morgan fingerprint density at radius 1 is 1.11 bits per heavy atom. The van der Waals surface area contributed by atoms with Crippen LogP contribution >= 0.6 is 0 Å². The van der Waals surface area contributed by atoms with Gasteiger partial charge < -0.3 is 5.32 Å². The monoisotopic (exact) mass is 374 g/mol. The Labute approximate surface area is 163 Å². The van der Waals surface area contributed by atoms with Crippen LogP contribution in [0.2, 0.25) is 0 Å². The quantitative estimate of drug-likeness (QED) is 0.746. The van der Waals surface area contributed by atoms with E-state index >= 15 is 0 Å². The highest BCUT2D eigenvalue weighted by molar-refractivity contribution is 5.95. The standard InChI is InChI=1S/C22H22N4O2/c1-16-4-2-3-5-19(16)14-23-22(28)18-8-6-17(7-9-18)15-25-20-10-12-24-26(20)13-11-21(25)27/h2-10,12H,11,13-15H2,1H3,(H,23,28). The summed E-state index contributed by atoms with van der Waals surface area (Å²) in [5, 5.41) is 7.20. The minimum absolute atomic E-state index is 0.0908. The number of aromatic nitrogens is 2. The maximum atomic E-state index is 12.4. The minimum atomic E-state index is -0.109. The van der Waals surface area contributed by atoms with Crippen LogP contribution in [0, 0.1) is 6.92 Å². The molecule has 2 aromatic carbocycles. The summed E-state index contributed by atoms with van der Waals surface area (Å²) in [6, 6.07) is 17.2. The lowest BCUT2D eigenvalue weighted by atomic mass is 10.1. The van der Waals surface area contributed by atoms with Gasteiger partial charge >= 0.3 is 0 Å². The first-order valence-corrected chi connectivity index (χ1v) is 9.35. The first kappa shape index (κ1) is 18.0. The van der Waals surface area contributed by atoms with Crippen molar-refractivity contribution < 1.29 is 9.59 Å². The van der Waals surface area contributed by atoms with Crippen molar-refractivity contribution in [1.29, 1.82) is 0 Å². The highest BCUT2D eigenvalue weighted by Crippen LogP contribution is 2.23. The molecule has 4 rings (SSSR count). The first-order valence-electron chi connectivity index (χ1n) is 9.35. The molecule has 1 N–H and O–H groups in total. The molecule has 6 nitrogen and oxygen atoms in total. The molecule has 1 aliphatic rings. The Morgan fingerprint density at radius 2 is 1.89 bits per heavy atom. The molecule has 2 heterocycles. The number of hydrogen-bond donors (Lipinski definition) is 1. The van der Waals surface area contributed by atoms with Crippen molar-refractivity contribution in [1.82, 2.24) is 15.1 Å². The van der Waals surface area contributed by atoms with Gasteiger partial charge in [-0.25, -0.2) is 4.68 Å². The van der Waals surface area contributed by atoms with Gasteiger partial charge in [0.15, 0.2) is 0 Å². The molecular formula is C22H22N4O2. The molecule has 1 aromatic heterocycles.